The highest BCUT2D eigenvalue weighted by Gasteiger charge is 2.31. The molecular formula is C24H31N3O3S. The van der Waals surface area contributed by atoms with Crippen molar-refractivity contribution in [3.63, 3.8) is 0 Å². The summed E-state index contributed by atoms with van der Waals surface area (Å²) < 4.78 is 27.5. The number of nitrogens with zero attached hydrogens (tertiary/aromatic N) is 2. The van der Waals surface area contributed by atoms with E-state index in [2.05, 4.69) is 22.3 Å². The predicted molar refractivity (Wildman–Crippen MR) is 121 cm³/mol. The van der Waals surface area contributed by atoms with Gasteiger partial charge in [-0.3, -0.25) is 9.69 Å². The lowest BCUT2D eigenvalue weighted by molar-refractivity contribution is 0.0937. The minimum atomic E-state index is -3.52. The molecule has 1 N–H and O–H groups in total. The summed E-state index contributed by atoms with van der Waals surface area (Å²) in [5.74, 6) is -0.151. The summed E-state index contributed by atoms with van der Waals surface area (Å²) in [6, 6.07) is 16.8. The molecule has 7 heteroatoms. The second kappa shape index (κ2) is 9.51. The monoisotopic (exact) mass is 441 g/mol. The molecule has 2 aliphatic rings. The van der Waals surface area contributed by atoms with Crippen LogP contribution in [0.25, 0.3) is 0 Å². The van der Waals surface area contributed by atoms with Gasteiger partial charge in [-0.2, -0.15) is 4.31 Å². The summed E-state index contributed by atoms with van der Waals surface area (Å²) in [7, 11) is -3.52. The van der Waals surface area contributed by atoms with Gasteiger partial charge in [0.25, 0.3) is 5.91 Å². The van der Waals surface area contributed by atoms with Crippen molar-refractivity contribution in [1.82, 2.24) is 14.5 Å². The highest BCUT2D eigenvalue weighted by Crippen LogP contribution is 2.25. The van der Waals surface area contributed by atoms with Crippen molar-refractivity contribution in [3.8, 4) is 0 Å². The minimum Gasteiger partial charge on any atom is -0.348 e. The van der Waals surface area contributed by atoms with Gasteiger partial charge in [-0.05, 0) is 56.0 Å². The standard InChI is InChI=1S/C24H31N3O3S/c1-19-7-5-6-15-27(19)31(29,30)23-12-10-21(11-13-23)24(28)25-22-14-16-26(18-22)17-20-8-3-2-4-9-20/h2-4,8-13,19,22H,5-7,14-18H2,1H3,(H,25,28). The molecule has 0 radical (unpaired) electrons. The molecule has 2 heterocycles. The summed E-state index contributed by atoms with van der Waals surface area (Å²) >= 11 is 0. The maximum atomic E-state index is 13.0. The number of carbonyl (C=O) groups excluding carboxylic acids is 1. The number of carbonyl (C=O) groups is 1. The van der Waals surface area contributed by atoms with Crippen LogP contribution in [-0.4, -0.2) is 55.2 Å². The maximum absolute atomic E-state index is 13.0. The zero-order valence-corrected chi connectivity index (χ0v) is 18.9. The van der Waals surface area contributed by atoms with Gasteiger partial charge in [0.2, 0.25) is 10.0 Å². The molecule has 2 fully saturated rings. The van der Waals surface area contributed by atoms with Gasteiger partial charge in [-0.1, -0.05) is 36.8 Å². The van der Waals surface area contributed by atoms with Crippen molar-refractivity contribution in [2.45, 2.75) is 56.1 Å². The Balaban J connectivity index is 1.34. The molecule has 2 aromatic rings. The van der Waals surface area contributed by atoms with E-state index in [0.717, 1.165) is 45.3 Å². The third-order valence-corrected chi connectivity index (χ3v) is 8.35. The van der Waals surface area contributed by atoms with Gasteiger partial charge in [0.15, 0.2) is 0 Å². The quantitative estimate of drug-likeness (QED) is 0.747. The molecule has 0 aliphatic carbocycles. The van der Waals surface area contributed by atoms with Crippen LogP contribution in [0.5, 0.6) is 0 Å². The van der Waals surface area contributed by atoms with E-state index in [-0.39, 0.29) is 22.9 Å². The Hall–Kier alpha value is -2.22. The fraction of sp³-hybridized carbons (Fsp3) is 0.458. The number of nitrogens with one attached hydrogen (secondary N) is 1. The molecule has 2 saturated heterocycles. The minimum absolute atomic E-state index is 0.0166. The molecule has 31 heavy (non-hydrogen) atoms. The summed E-state index contributed by atoms with van der Waals surface area (Å²) in [6.45, 7) is 5.17. The summed E-state index contributed by atoms with van der Waals surface area (Å²) in [5.41, 5.74) is 1.77. The normalized spacial score (nSPS) is 23.0. The second-order valence-electron chi connectivity index (χ2n) is 8.66. The van der Waals surface area contributed by atoms with E-state index < -0.39 is 10.0 Å². The van der Waals surface area contributed by atoms with Crippen molar-refractivity contribution in [1.29, 1.82) is 0 Å². The average Bonchev–Trinajstić information content (AvgIpc) is 3.21. The van der Waals surface area contributed by atoms with Crippen LogP contribution in [0.3, 0.4) is 0 Å². The fourth-order valence-corrected chi connectivity index (χ4v) is 6.25. The van der Waals surface area contributed by atoms with E-state index in [9.17, 15) is 13.2 Å². The van der Waals surface area contributed by atoms with Crippen LogP contribution in [-0.2, 0) is 16.6 Å². The second-order valence-corrected chi connectivity index (χ2v) is 10.6. The molecule has 0 bridgehead atoms. The number of piperidine rings is 1. The Bertz CT molecular complexity index is 992. The molecule has 0 saturated carbocycles. The average molecular weight is 442 g/mol. The first kappa shape index (κ1) is 22.0. The van der Waals surface area contributed by atoms with Crippen molar-refractivity contribution in [2.24, 2.45) is 0 Å². The highest BCUT2D eigenvalue weighted by atomic mass is 32.2. The number of benzene rings is 2. The van der Waals surface area contributed by atoms with E-state index >= 15 is 0 Å². The first-order valence-electron chi connectivity index (χ1n) is 11.1. The Morgan fingerprint density at radius 1 is 1.00 bits per heavy atom. The van der Waals surface area contributed by atoms with Crippen LogP contribution in [0.15, 0.2) is 59.5 Å². The number of sulfonamides is 1. The highest BCUT2D eigenvalue weighted by molar-refractivity contribution is 7.89. The zero-order valence-electron chi connectivity index (χ0n) is 18.0. The van der Waals surface area contributed by atoms with Gasteiger partial charge in [-0.15, -0.1) is 0 Å². The summed E-state index contributed by atoms with van der Waals surface area (Å²) in [5, 5.41) is 3.10. The number of rotatable bonds is 6. The van der Waals surface area contributed by atoms with Crippen LogP contribution in [0.4, 0.5) is 0 Å². The Morgan fingerprint density at radius 2 is 1.74 bits per heavy atom. The van der Waals surface area contributed by atoms with E-state index in [1.54, 1.807) is 28.6 Å². The van der Waals surface area contributed by atoms with Crippen molar-refractivity contribution >= 4 is 15.9 Å². The Kier molecular flexibility index (Phi) is 6.74. The van der Waals surface area contributed by atoms with Gasteiger partial charge in [-0.25, -0.2) is 8.42 Å². The van der Waals surface area contributed by atoms with Gasteiger partial charge in [0.05, 0.1) is 4.90 Å². The summed E-state index contributed by atoms with van der Waals surface area (Å²) in [4.78, 5) is 15.3. The van der Waals surface area contributed by atoms with Crippen LogP contribution in [0.2, 0.25) is 0 Å². The molecule has 0 spiro atoms. The number of amides is 1. The van der Waals surface area contributed by atoms with E-state index in [0.29, 0.717) is 12.1 Å². The molecule has 2 aliphatic heterocycles. The predicted octanol–water partition coefficient (Wildman–Crippen LogP) is 3.25. The van der Waals surface area contributed by atoms with E-state index in [1.807, 2.05) is 25.1 Å². The molecule has 1 amide bonds. The number of hydrogen-bond donors (Lipinski definition) is 1. The molecule has 6 nitrogen and oxygen atoms in total. The Labute approximate surface area is 185 Å². The molecular weight excluding hydrogens is 410 g/mol. The smallest absolute Gasteiger partial charge is 0.251 e. The van der Waals surface area contributed by atoms with Crippen LogP contribution in [0, 0.1) is 0 Å². The van der Waals surface area contributed by atoms with E-state index in [1.165, 1.54) is 5.56 Å². The van der Waals surface area contributed by atoms with Gasteiger partial charge in [0, 0.05) is 43.8 Å². The van der Waals surface area contributed by atoms with Crippen LogP contribution >= 0.6 is 0 Å². The summed E-state index contributed by atoms with van der Waals surface area (Å²) in [6.07, 6.45) is 3.77. The van der Waals surface area contributed by atoms with Gasteiger partial charge in [0.1, 0.15) is 0 Å². The zero-order chi connectivity index (χ0) is 21.8. The number of hydrogen-bond acceptors (Lipinski definition) is 4. The van der Waals surface area contributed by atoms with Crippen molar-refractivity contribution < 1.29 is 13.2 Å². The van der Waals surface area contributed by atoms with Gasteiger partial charge >= 0.3 is 0 Å². The molecule has 0 aromatic heterocycles. The van der Waals surface area contributed by atoms with Gasteiger partial charge < -0.3 is 5.32 Å². The fourth-order valence-electron chi connectivity index (χ4n) is 4.55. The van der Waals surface area contributed by atoms with Crippen LogP contribution < -0.4 is 5.32 Å². The lowest BCUT2D eigenvalue weighted by atomic mass is 10.1. The number of likely N-dealkylation sites (tertiary alicyclic amines) is 1. The first-order valence-corrected chi connectivity index (χ1v) is 12.6. The third-order valence-electron chi connectivity index (χ3n) is 6.32. The SMILES string of the molecule is CC1CCCCN1S(=O)(=O)c1ccc(C(=O)NC2CCN(Cc3ccccc3)C2)cc1. The molecule has 4 rings (SSSR count). The van der Waals surface area contributed by atoms with E-state index in [4.69, 9.17) is 0 Å². The molecule has 2 unspecified atom stereocenters. The van der Waals surface area contributed by atoms with Crippen molar-refractivity contribution in [2.75, 3.05) is 19.6 Å². The molecule has 2 aromatic carbocycles. The lowest BCUT2D eigenvalue weighted by Crippen LogP contribution is -2.41. The van der Waals surface area contributed by atoms with Crippen molar-refractivity contribution in [3.05, 3.63) is 65.7 Å². The maximum Gasteiger partial charge on any atom is 0.251 e. The largest absolute Gasteiger partial charge is 0.348 e. The first-order chi connectivity index (χ1) is 14.9. The third kappa shape index (κ3) is 5.17. The lowest BCUT2D eigenvalue weighted by Gasteiger charge is -2.32. The topological polar surface area (TPSA) is 69.7 Å². The Morgan fingerprint density at radius 3 is 2.45 bits per heavy atom. The molecule has 2 atom stereocenters. The molecule has 166 valence electrons. The van der Waals surface area contributed by atoms with Crippen LogP contribution in [0.1, 0.15) is 48.5 Å².